The van der Waals surface area contributed by atoms with Gasteiger partial charge in [-0.25, -0.2) is 0 Å². The minimum absolute atomic E-state index is 0.00974. The highest BCUT2D eigenvalue weighted by atomic mass is 32.2. The van der Waals surface area contributed by atoms with Crippen LogP contribution in [-0.2, 0) is 64.3 Å². The summed E-state index contributed by atoms with van der Waals surface area (Å²) in [6.45, 7) is 13.6. The summed E-state index contributed by atoms with van der Waals surface area (Å²) in [5, 5.41) is 72.4. The minimum atomic E-state index is -2.66. The first kappa shape index (κ1) is 77.2. The molecule has 27 atom stereocenters. The van der Waals surface area contributed by atoms with Crippen molar-refractivity contribution in [3.05, 3.63) is 53.9 Å². The molecule has 0 radical (unpaired) electrons. The molecular formula is C81H119N11O9S3. The third kappa shape index (κ3) is 14.4. The van der Waals surface area contributed by atoms with Crippen LogP contribution in [0.15, 0.2) is 37.2 Å². The number of nitriles is 3. The maximum absolute atomic E-state index is 13.4. The first-order valence-corrected chi connectivity index (χ1v) is 45.6. The lowest BCUT2D eigenvalue weighted by atomic mass is 9.44. The molecule has 12 aliphatic carbocycles. The quantitative estimate of drug-likeness (QED) is 0.0944. The third-order valence-electron chi connectivity index (χ3n) is 31.9. The van der Waals surface area contributed by atoms with Gasteiger partial charge in [0.25, 0.3) is 0 Å². The zero-order valence-electron chi connectivity index (χ0n) is 63.5. The van der Waals surface area contributed by atoms with Crippen molar-refractivity contribution < 1.29 is 42.3 Å². The topological polar surface area (TPSA) is 336 Å². The van der Waals surface area contributed by atoms with E-state index in [0.717, 1.165) is 173 Å². The molecule has 20 nitrogen and oxygen atoms in total. The molecule has 3 aromatic rings. The van der Waals surface area contributed by atoms with Gasteiger partial charge in [-0.3, -0.25) is 50.6 Å². The summed E-state index contributed by atoms with van der Waals surface area (Å²) in [5.41, 5.74) is -0.692. The van der Waals surface area contributed by atoms with Crippen molar-refractivity contribution in [3.8, 4) is 18.2 Å². The first-order chi connectivity index (χ1) is 48.8. The number of hydrogen-bond acceptors (Lipinski definition) is 17. The average Bonchev–Trinajstić information content (AvgIpc) is 1.45. The Hall–Kier alpha value is -4.96. The third-order valence-corrected chi connectivity index (χ3v) is 35.0. The van der Waals surface area contributed by atoms with Crippen molar-refractivity contribution >= 4 is 47.6 Å². The van der Waals surface area contributed by atoms with E-state index in [4.69, 9.17) is 25.3 Å². The van der Waals surface area contributed by atoms with E-state index in [2.05, 4.69) is 54.3 Å². The lowest BCUT2D eigenvalue weighted by molar-refractivity contribution is -0.149. The first-order valence-electron chi connectivity index (χ1n) is 39.6. The number of aromatic nitrogens is 6. The van der Waals surface area contributed by atoms with Gasteiger partial charge in [0.15, 0.2) is 17.3 Å². The van der Waals surface area contributed by atoms with E-state index < -0.39 is 47.1 Å². The predicted molar refractivity (Wildman–Crippen MR) is 399 cm³/mol. The number of nitrogens with one attached hydrogen (secondary N) is 2. The number of hydrogen-bond donors (Lipinski definition) is 5. The summed E-state index contributed by atoms with van der Waals surface area (Å²) in [5.74, 6) is 8.06. The van der Waals surface area contributed by atoms with Gasteiger partial charge in [-0.1, -0.05) is 20.8 Å². The lowest BCUT2D eigenvalue weighted by Crippen LogP contribution is -2.59. The van der Waals surface area contributed by atoms with Crippen molar-refractivity contribution in [2.75, 3.05) is 36.0 Å². The second-order valence-corrected chi connectivity index (χ2v) is 44.3. The van der Waals surface area contributed by atoms with Gasteiger partial charge in [-0.15, -0.1) is 0 Å². The number of fused-ring (bicyclic) bond motifs is 15. The van der Waals surface area contributed by atoms with Gasteiger partial charge in [0.2, 0.25) is 0 Å². The predicted octanol–water partition coefficient (Wildman–Crippen LogP) is 12.9. The summed E-state index contributed by atoms with van der Waals surface area (Å²) < 4.78 is 60.0. The van der Waals surface area contributed by atoms with Gasteiger partial charge in [-0.2, -0.15) is 31.1 Å². The van der Waals surface area contributed by atoms with E-state index in [1.54, 1.807) is 45.1 Å². The van der Waals surface area contributed by atoms with Crippen molar-refractivity contribution in [3.63, 3.8) is 0 Å². The van der Waals surface area contributed by atoms with Crippen LogP contribution in [0.2, 0.25) is 0 Å². The molecule has 3 heterocycles. The summed E-state index contributed by atoms with van der Waals surface area (Å²) in [4.78, 5) is 40.3. The monoisotopic (exact) mass is 1490 g/mol. The number of nitrogens with zero attached hydrogens (tertiary/aromatic N) is 9. The maximum Gasteiger partial charge on any atom is 0.157 e. The van der Waals surface area contributed by atoms with Crippen molar-refractivity contribution in [2.45, 2.75) is 251 Å². The molecule has 0 amide bonds. The highest BCUT2D eigenvalue weighted by Crippen LogP contribution is 2.72. The second kappa shape index (κ2) is 28.2. The average molecular weight is 1490 g/mol. The highest BCUT2D eigenvalue weighted by molar-refractivity contribution is 7.92. The number of rotatable bonds is 15. The van der Waals surface area contributed by atoms with Gasteiger partial charge < -0.3 is 15.3 Å². The van der Waals surface area contributed by atoms with E-state index in [9.17, 15) is 42.3 Å². The molecule has 15 rings (SSSR count). The van der Waals surface area contributed by atoms with E-state index in [1.165, 1.54) is 25.0 Å². The number of Topliss-reactive ketones (excluding diaryl/α,β-unsaturated/α-hetero) is 3. The number of aliphatic hydroxyl groups is 3. The van der Waals surface area contributed by atoms with Gasteiger partial charge in [0.1, 0.15) is 18.2 Å². The van der Waals surface area contributed by atoms with Gasteiger partial charge in [0, 0.05) is 103 Å². The molecule has 570 valence electrons. The Labute approximate surface area is 621 Å². The van der Waals surface area contributed by atoms with Crippen molar-refractivity contribution in [1.29, 1.82) is 25.3 Å². The Morgan fingerprint density at radius 2 is 0.750 bits per heavy atom. The molecule has 23 heteroatoms. The molecule has 3 aromatic heterocycles. The summed E-state index contributed by atoms with van der Waals surface area (Å²) >= 11 is 0. The van der Waals surface area contributed by atoms with Crippen molar-refractivity contribution in [1.82, 2.24) is 29.3 Å². The Kier molecular flexibility index (Phi) is 20.9. The van der Waals surface area contributed by atoms with Crippen LogP contribution in [0.5, 0.6) is 0 Å². The summed E-state index contributed by atoms with van der Waals surface area (Å²) in [6.07, 6.45) is 40.6. The Morgan fingerprint density at radius 1 is 0.462 bits per heavy atom. The fourth-order valence-corrected chi connectivity index (χ4v) is 32.5. The molecule has 0 aromatic carbocycles. The zero-order chi connectivity index (χ0) is 74.8. The molecule has 0 bridgehead atoms. The fraction of sp³-hybridized carbons (Fsp3) is 0.815. The largest absolute Gasteiger partial charge is 0.390 e. The maximum atomic E-state index is 13.4. The van der Waals surface area contributed by atoms with Crippen LogP contribution in [0, 0.1) is 165 Å². The minimum Gasteiger partial charge on any atom is -0.390 e. The van der Waals surface area contributed by atoms with Gasteiger partial charge in [-0.05, 0) is 298 Å². The second-order valence-electron chi connectivity index (χ2n) is 38.3. The highest BCUT2D eigenvalue weighted by Gasteiger charge is 2.67. The van der Waals surface area contributed by atoms with E-state index in [-0.39, 0.29) is 87.2 Å². The van der Waals surface area contributed by atoms with Crippen LogP contribution in [0.25, 0.3) is 0 Å². The lowest BCUT2D eigenvalue weighted by Gasteiger charge is -2.62. The Balaban J connectivity index is 0.000000139. The molecule has 12 aliphatic rings. The van der Waals surface area contributed by atoms with Crippen molar-refractivity contribution in [2.24, 2.45) is 121 Å². The van der Waals surface area contributed by atoms with E-state index in [1.807, 2.05) is 27.0 Å². The van der Waals surface area contributed by atoms with Crippen LogP contribution >= 0.6 is 0 Å². The molecule has 0 saturated heterocycles. The molecule has 0 spiro atoms. The molecule has 0 aliphatic heterocycles. The Morgan fingerprint density at radius 3 is 1.03 bits per heavy atom. The molecule has 3 unspecified atom stereocenters. The SMILES string of the molecule is CS(=O)C[C@]12CC[C@@](C)(O)C[C@H]1CC[C@H]1[C@@H]3CC[C@H](C(=O)Cn4cc(C#N)cn4)[C@@]3(C)CC[C@@H]12.C[C@@]1(O)CC[C@@]2(CS(C)(=N)=O)[C@H](CC[C@H]3[C@@H]4CC[C@H](C(=O)Cn5cc(C#N)cn5)[C@@]4(C)CC[C@@H]32)C1.C[C@@]1(O)CC[C@@]2(CS(C)(=N)=O)[C@H](CC[C@H]3[C@@H]4CC[C@H](C(=O)Cn5cc(C#N)cn5)[C@@]4(C)CC[C@@H]32)C1. The van der Waals surface area contributed by atoms with E-state index in [0.29, 0.717) is 99.2 Å². The smallest absolute Gasteiger partial charge is 0.157 e. The Bertz CT molecular complexity index is 3980. The summed E-state index contributed by atoms with van der Waals surface area (Å²) in [7, 11) is -6.16. The normalized spacial score (nSPS) is 44.4. The van der Waals surface area contributed by atoms with Crippen LogP contribution in [0.3, 0.4) is 0 Å². The number of carbonyl (C=O) groups is 3. The van der Waals surface area contributed by atoms with E-state index >= 15 is 0 Å². The standard InChI is InChI=1S/2C27H40N4O3S.C27H39N3O3S/c2*1-25(33)10-11-27(17-35(3,29)34)19(12-25)4-5-20-21-6-7-23(26(21,2)9-8-22(20)27)24(32)16-31-15-18(13-28)14-30-31;1-25(32)10-11-27(17-34(3)33)19(12-25)4-5-20-21-6-7-23(26(21,2)9-8-22(20)27)24(31)16-30-15-18(13-28)14-29-30/h2*14-15,19-23,29,33H,4-12,16-17H2,1-3H3;14-15,19-23,32H,4-12,16-17H2,1-3H3/t2*19-,20+,21+,22+,23-,25-,26+,27-,35?;19-,20+,21+,22+,23-,25-,26+,27-,34?/m111/s1. The van der Waals surface area contributed by atoms with Crippen LogP contribution in [0.1, 0.15) is 232 Å². The van der Waals surface area contributed by atoms with Gasteiger partial charge in [0.05, 0.1) is 71.7 Å². The zero-order valence-corrected chi connectivity index (χ0v) is 65.9. The van der Waals surface area contributed by atoms with Crippen LogP contribution in [0.4, 0.5) is 0 Å². The molecular weight excluding hydrogens is 1370 g/mol. The number of ketones is 3. The number of carbonyl (C=O) groups excluding carboxylic acids is 3. The molecule has 104 heavy (non-hydrogen) atoms. The van der Waals surface area contributed by atoms with Gasteiger partial charge >= 0.3 is 0 Å². The molecule has 12 saturated carbocycles. The van der Waals surface area contributed by atoms with Crippen LogP contribution < -0.4 is 0 Å². The van der Waals surface area contributed by atoms with Crippen LogP contribution in [-0.4, -0.2) is 127 Å². The summed E-state index contributed by atoms with van der Waals surface area (Å²) in [6, 6.07) is 6.24. The fourth-order valence-electron chi connectivity index (χ4n) is 27.9. The molecule has 12 fully saturated rings. The molecule has 5 N–H and O–H groups in total.